The zero-order chi connectivity index (χ0) is 12.4. The van der Waals surface area contributed by atoms with Gasteiger partial charge in [-0.25, -0.2) is 4.39 Å². The van der Waals surface area contributed by atoms with Gasteiger partial charge in [-0.2, -0.15) is 0 Å². The minimum atomic E-state index is -0.404. The molecule has 0 radical (unpaired) electrons. The summed E-state index contributed by atoms with van der Waals surface area (Å²) in [6, 6.07) is 4.67. The Morgan fingerprint density at radius 1 is 1.59 bits per heavy atom. The van der Waals surface area contributed by atoms with Crippen LogP contribution in [0.5, 0.6) is 0 Å². The lowest BCUT2D eigenvalue weighted by atomic mass is 10.1. The molecular weight excluding hydrogens is 287 g/mol. The summed E-state index contributed by atoms with van der Waals surface area (Å²) >= 11 is 3.13. The van der Waals surface area contributed by atoms with Crippen molar-refractivity contribution < 1.29 is 9.18 Å². The summed E-state index contributed by atoms with van der Waals surface area (Å²) in [4.78, 5) is 14.1. The van der Waals surface area contributed by atoms with Crippen LogP contribution in [0.4, 0.5) is 4.39 Å². The minimum absolute atomic E-state index is 0.120. The lowest BCUT2D eigenvalue weighted by Crippen LogP contribution is -2.52. The van der Waals surface area contributed by atoms with Gasteiger partial charge in [0.1, 0.15) is 5.82 Å². The van der Waals surface area contributed by atoms with Gasteiger partial charge in [-0.05, 0) is 35.0 Å². The van der Waals surface area contributed by atoms with E-state index in [1.54, 1.807) is 17.0 Å². The number of nitrogens with zero attached hydrogens (tertiary/aromatic N) is 1. The number of carbonyl (C=O) groups is 1. The molecule has 0 bridgehead atoms. The molecular formula is C12H14BrFN2O. The van der Waals surface area contributed by atoms with E-state index in [9.17, 15) is 9.18 Å². The van der Waals surface area contributed by atoms with E-state index < -0.39 is 5.82 Å². The number of amides is 1. The molecule has 2 rings (SSSR count). The fourth-order valence-corrected chi connectivity index (χ4v) is 2.40. The molecule has 1 saturated heterocycles. The molecule has 3 nitrogen and oxygen atoms in total. The lowest BCUT2D eigenvalue weighted by molar-refractivity contribution is 0.0654. The first-order chi connectivity index (χ1) is 8.11. The van der Waals surface area contributed by atoms with Gasteiger partial charge in [0.05, 0.1) is 10.0 Å². The standard InChI is InChI=1S/C12H14BrFN2O/c1-8-7-15-5-6-16(8)12(17)9-3-2-4-10(14)11(9)13/h2-4,8,15H,5-7H2,1H3. The Balaban J connectivity index is 2.27. The fraction of sp³-hybridized carbons (Fsp3) is 0.417. The molecule has 1 N–H and O–H groups in total. The van der Waals surface area contributed by atoms with Crippen LogP contribution in [0, 0.1) is 5.82 Å². The van der Waals surface area contributed by atoms with Crippen LogP contribution in [-0.4, -0.2) is 36.5 Å². The maximum atomic E-state index is 13.4. The highest BCUT2D eigenvalue weighted by Gasteiger charge is 2.25. The number of rotatable bonds is 1. The van der Waals surface area contributed by atoms with E-state index >= 15 is 0 Å². The minimum Gasteiger partial charge on any atom is -0.333 e. The Labute approximate surface area is 108 Å². The van der Waals surface area contributed by atoms with Crippen LogP contribution < -0.4 is 5.32 Å². The first-order valence-electron chi connectivity index (χ1n) is 5.57. The Kier molecular flexibility index (Phi) is 3.79. The van der Waals surface area contributed by atoms with Crippen LogP contribution in [0.15, 0.2) is 22.7 Å². The second-order valence-corrected chi connectivity index (χ2v) is 4.95. The molecule has 1 fully saturated rings. The summed E-state index contributed by atoms with van der Waals surface area (Å²) in [6.45, 7) is 4.20. The molecule has 5 heteroatoms. The Bertz CT molecular complexity index is 439. The monoisotopic (exact) mass is 300 g/mol. The van der Waals surface area contributed by atoms with E-state index in [1.807, 2.05) is 6.92 Å². The van der Waals surface area contributed by atoms with Gasteiger partial charge in [-0.3, -0.25) is 4.79 Å². The highest BCUT2D eigenvalue weighted by Crippen LogP contribution is 2.22. The maximum absolute atomic E-state index is 13.4. The molecule has 17 heavy (non-hydrogen) atoms. The van der Waals surface area contributed by atoms with Gasteiger partial charge in [-0.15, -0.1) is 0 Å². The number of halogens is 2. The average Bonchev–Trinajstić information content (AvgIpc) is 2.32. The lowest BCUT2D eigenvalue weighted by Gasteiger charge is -2.34. The zero-order valence-corrected chi connectivity index (χ0v) is 11.1. The van der Waals surface area contributed by atoms with Crippen LogP contribution in [0.2, 0.25) is 0 Å². The van der Waals surface area contributed by atoms with E-state index in [1.165, 1.54) is 6.07 Å². The molecule has 1 unspecified atom stereocenters. The van der Waals surface area contributed by atoms with Crippen molar-refractivity contribution in [2.24, 2.45) is 0 Å². The zero-order valence-electron chi connectivity index (χ0n) is 9.54. The maximum Gasteiger partial charge on any atom is 0.255 e. The van der Waals surface area contributed by atoms with Crippen molar-refractivity contribution in [3.8, 4) is 0 Å². The molecule has 0 spiro atoms. The number of carbonyl (C=O) groups excluding carboxylic acids is 1. The summed E-state index contributed by atoms with van der Waals surface area (Å²) in [5, 5.41) is 3.22. The normalized spacial score (nSPS) is 20.4. The molecule has 0 aromatic heterocycles. The van der Waals surface area contributed by atoms with Gasteiger partial charge in [0, 0.05) is 25.7 Å². The highest BCUT2D eigenvalue weighted by atomic mass is 79.9. The van der Waals surface area contributed by atoms with Crippen molar-refractivity contribution in [3.05, 3.63) is 34.1 Å². The number of hydrogen-bond donors (Lipinski definition) is 1. The molecule has 1 aliphatic rings. The molecule has 92 valence electrons. The SMILES string of the molecule is CC1CNCCN1C(=O)c1cccc(F)c1Br. The van der Waals surface area contributed by atoms with E-state index in [0.29, 0.717) is 12.1 Å². The Morgan fingerprint density at radius 2 is 2.35 bits per heavy atom. The largest absolute Gasteiger partial charge is 0.333 e. The predicted molar refractivity (Wildman–Crippen MR) is 67.5 cm³/mol. The third kappa shape index (κ3) is 2.50. The molecule has 1 amide bonds. The highest BCUT2D eigenvalue weighted by molar-refractivity contribution is 9.10. The second kappa shape index (κ2) is 5.14. The third-order valence-corrected chi connectivity index (χ3v) is 3.75. The smallest absolute Gasteiger partial charge is 0.255 e. The second-order valence-electron chi connectivity index (χ2n) is 4.15. The van der Waals surface area contributed by atoms with E-state index in [-0.39, 0.29) is 16.4 Å². The molecule has 0 saturated carbocycles. The van der Waals surface area contributed by atoms with E-state index in [4.69, 9.17) is 0 Å². The van der Waals surface area contributed by atoms with Gasteiger partial charge in [0.25, 0.3) is 5.91 Å². The average molecular weight is 301 g/mol. The van der Waals surface area contributed by atoms with Gasteiger partial charge < -0.3 is 10.2 Å². The number of benzene rings is 1. The predicted octanol–water partition coefficient (Wildman–Crippen LogP) is 2.02. The number of nitrogens with one attached hydrogen (secondary N) is 1. The van der Waals surface area contributed by atoms with Crippen molar-refractivity contribution in [2.45, 2.75) is 13.0 Å². The topological polar surface area (TPSA) is 32.3 Å². The van der Waals surface area contributed by atoms with Gasteiger partial charge in [0.2, 0.25) is 0 Å². The van der Waals surface area contributed by atoms with Gasteiger partial charge in [-0.1, -0.05) is 6.07 Å². The summed E-state index contributed by atoms with van der Waals surface area (Å²) < 4.78 is 13.6. The molecule has 1 aliphatic heterocycles. The molecule has 1 aromatic carbocycles. The summed E-state index contributed by atoms with van der Waals surface area (Å²) in [5.41, 5.74) is 0.388. The van der Waals surface area contributed by atoms with Crippen LogP contribution >= 0.6 is 15.9 Å². The summed E-state index contributed by atoms with van der Waals surface area (Å²) in [5.74, 6) is -0.524. The van der Waals surface area contributed by atoms with Gasteiger partial charge in [0.15, 0.2) is 0 Å². The number of piperazine rings is 1. The Morgan fingerprint density at radius 3 is 3.06 bits per heavy atom. The molecule has 0 aliphatic carbocycles. The summed E-state index contributed by atoms with van der Waals surface area (Å²) in [7, 11) is 0. The first-order valence-corrected chi connectivity index (χ1v) is 6.36. The fourth-order valence-electron chi connectivity index (χ4n) is 1.97. The van der Waals surface area contributed by atoms with Crippen molar-refractivity contribution in [1.82, 2.24) is 10.2 Å². The van der Waals surface area contributed by atoms with E-state index in [2.05, 4.69) is 21.2 Å². The van der Waals surface area contributed by atoms with Crippen LogP contribution in [-0.2, 0) is 0 Å². The Hall–Kier alpha value is -0.940. The first kappa shape index (κ1) is 12.5. The number of hydrogen-bond acceptors (Lipinski definition) is 2. The molecule has 1 heterocycles. The quantitative estimate of drug-likeness (QED) is 0.861. The van der Waals surface area contributed by atoms with Crippen LogP contribution in [0.25, 0.3) is 0 Å². The van der Waals surface area contributed by atoms with E-state index in [0.717, 1.165) is 13.1 Å². The summed E-state index contributed by atoms with van der Waals surface area (Å²) in [6.07, 6.45) is 0. The van der Waals surface area contributed by atoms with Crippen molar-refractivity contribution in [3.63, 3.8) is 0 Å². The third-order valence-electron chi connectivity index (χ3n) is 2.94. The molecule has 1 atom stereocenters. The van der Waals surface area contributed by atoms with Crippen molar-refractivity contribution in [2.75, 3.05) is 19.6 Å². The van der Waals surface area contributed by atoms with Crippen LogP contribution in [0.3, 0.4) is 0 Å². The van der Waals surface area contributed by atoms with Crippen molar-refractivity contribution in [1.29, 1.82) is 0 Å². The van der Waals surface area contributed by atoms with Gasteiger partial charge >= 0.3 is 0 Å². The van der Waals surface area contributed by atoms with Crippen molar-refractivity contribution >= 4 is 21.8 Å². The van der Waals surface area contributed by atoms with Crippen LogP contribution in [0.1, 0.15) is 17.3 Å². The molecule has 1 aromatic rings.